The zero-order valence-corrected chi connectivity index (χ0v) is 9.35. The number of quaternary nitrogens is 1. The van der Waals surface area contributed by atoms with Crippen LogP contribution < -0.4 is 4.90 Å². The lowest BCUT2D eigenvalue weighted by Crippen LogP contribution is -3.12. The average molecular weight is 222 g/mol. The highest BCUT2D eigenvalue weighted by Crippen LogP contribution is 1.96. The van der Waals surface area contributed by atoms with Gasteiger partial charge >= 0.3 is 0 Å². The summed E-state index contributed by atoms with van der Waals surface area (Å²) in [5.41, 5.74) is 0. The smallest absolute Gasteiger partial charge is 0.264 e. The molecular weight excluding hydrogens is 202 g/mol. The fourth-order valence-electron chi connectivity index (χ4n) is 1.96. The van der Waals surface area contributed by atoms with Crippen LogP contribution in [0.1, 0.15) is 32.1 Å². The summed E-state index contributed by atoms with van der Waals surface area (Å²) in [6, 6.07) is 0. The van der Waals surface area contributed by atoms with Crippen LogP contribution >= 0.6 is 0 Å². The van der Waals surface area contributed by atoms with E-state index in [2.05, 4.69) is 0 Å². The van der Waals surface area contributed by atoms with Crippen LogP contribution in [0.15, 0.2) is 0 Å². The summed E-state index contributed by atoms with van der Waals surface area (Å²) in [6.07, 6.45) is 5.42. The second-order valence-corrected chi connectivity index (χ2v) is 5.63. The Morgan fingerprint density at radius 3 is 2.29 bits per heavy atom. The number of likely N-dealkylation sites (tertiary alicyclic amines) is 1. The van der Waals surface area contributed by atoms with E-state index in [1.807, 2.05) is 0 Å². The quantitative estimate of drug-likeness (QED) is 0.497. The third-order valence-electron chi connectivity index (χ3n) is 2.74. The fourth-order valence-corrected chi connectivity index (χ4v) is 2.53. The summed E-state index contributed by atoms with van der Waals surface area (Å²) in [6.45, 7) is 3.51. The molecule has 1 saturated heterocycles. The second-order valence-electron chi connectivity index (χ2n) is 4.05. The molecule has 0 atom stereocenters. The maximum atomic E-state index is 10.4. The van der Waals surface area contributed by atoms with Crippen LogP contribution in [0.25, 0.3) is 0 Å². The van der Waals surface area contributed by atoms with Gasteiger partial charge in [-0.15, -0.1) is 0 Å². The minimum Gasteiger partial charge on any atom is -0.335 e. The molecule has 0 unspecified atom stereocenters. The molecule has 0 aliphatic carbocycles. The Labute approximate surface area is 86.0 Å². The van der Waals surface area contributed by atoms with Crippen molar-refractivity contribution in [1.82, 2.24) is 0 Å². The Morgan fingerprint density at radius 1 is 1.07 bits per heavy atom. The van der Waals surface area contributed by atoms with Crippen LogP contribution in [-0.2, 0) is 10.1 Å². The number of piperidine rings is 1. The lowest BCUT2D eigenvalue weighted by atomic mass is 10.1. The number of hydrogen-bond donors (Lipinski definition) is 2. The number of nitrogens with one attached hydrogen (secondary N) is 1. The van der Waals surface area contributed by atoms with E-state index in [1.54, 1.807) is 4.90 Å². The van der Waals surface area contributed by atoms with Crippen molar-refractivity contribution in [2.75, 3.05) is 25.4 Å². The largest absolute Gasteiger partial charge is 0.335 e. The van der Waals surface area contributed by atoms with E-state index < -0.39 is 10.1 Å². The predicted molar refractivity (Wildman–Crippen MR) is 55.1 cm³/mol. The predicted octanol–water partition coefficient (Wildman–Crippen LogP) is -0.277. The van der Waals surface area contributed by atoms with E-state index in [0.717, 1.165) is 13.0 Å². The third-order valence-corrected chi connectivity index (χ3v) is 3.55. The molecule has 2 N–H and O–H groups in total. The van der Waals surface area contributed by atoms with Crippen LogP contribution in [0.2, 0.25) is 0 Å². The molecule has 0 aromatic carbocycles. The second kappa shape index (κ2) is 5.68. The van der Waals surface area contributed by atoms with Gasteiger partial charge in [-0.3, -0.25) is 4.55 Å². The van der Waals surface area contributed by atoms with Crippen LogP contribution in [0.5, 0.6) is 0 Å². The highest BCUT2D eigenvalue weighted by atomic mass is 32.2. The first-order chi connectivity index (χ1) is 6.58. The number of unbranched alkanes of at least 4 members (excludes halogenated alkanes) is 1. The highest BCUT2D eigenvalue weighted by Gasteiger charge is 2.13. The topological polar surface area (TPSA) is 58.8 Å². The van der Waals surface area contributed by atoms with Crippen molar-refractivity contribution in [1.29, 1.82) is 0 Å². The Hall–Kier alpha value is -0.130. The molecule has 1 heterocycles. The van der Waals surface area contributed by atoms with Gasteiger partial charge in [0.05, 0.1) is 25.4 Å². The van der Waals surface area contributed by atoms with Gasteiger partial charge in [-0.1, -0.05) is 0 Å². The fraction of sp³-hybridized carbons (Fsp3) is 1.00. The van der Waals surface area contributed by atoms with Crippen LogP contribution in [0.4, 0.5) is 0 Å². The summed E-state index contributed by atoms with van der Waals surface area (Å²) in [5, 5.41) is 0. The number of hydrogen-bond acceptors (Lipinski definition) is 2. The molecule has 0 saturated carbocycles. The molecule has 5 heteroatoms. The first-order valence-electron chi connectivity index (χ1n) is 5.37. The van der Waals surface area contributed by atoms with Gasteiger partial charge in [-0.05, 0) is 32.1 Å². The minimum atomic E-state index is -3.74. The number of rotatable bonds is 5. The van der Waals surface area contributed by atoms with Crippen LogP contribution in [0.3, 0.4) is 0 Å². The molecule has 0 radical (unpaired) electrons. The molecule has 1 aliphatic rings. The standard InChI is InChI=1S/C9H19NO3S/c11-14(12,13)9-5-4-8-10-6-2-1-3-7-10/h1-9H2,(H,11,12,13)/p+1. The molecule has 1 aliphatic heterocycles. The molecule has 14 heavy (non-hydrogen) atoms. The average Bonchev–Trinajstić information content (AvgIpc) is 2.13. The van der Waals surface area contributed by atoms with Crippen LogP contribution in [-0.4, -0.2) is 38.4 Å². The monoisotopic (exact) mass is 222 g/mol. The molecule has 1 fully saturated rings. The lowest BCUT2D eigenvalue weighted by Gasteiger charge is -2.23. The summed E-state index contributed by atoms with van der Waals surface area (Å²) in [4.78, 5) is 1.59. The molecule has 1 rings (SSSR count). The molecule has 0 amide bonds. The highest BCUT2D eigenvalue weighted by molar-refractivity contribution is 7.85. The van der Waals surface area contributed by atoms with Gasteiger partial charge in [0.1, 0.15) is 0 Å². The van der Waals surface area contributed by atoms with E-state index >= 15 is 0 Å². The van der Waals surface area contributed by atoms with Crippen molar-refractivity contribution >= 4 is 10.1 Å². The normalized spacial score (nSPS) is 19.8. The van der Waals surface area contributed by atoms with E-state index in [4.69, 9.17) is 4.55 Å². The molecule has 4 nitrogen and oxygen atoms in total. The first-order valence-corrected chi connectivity index (χ1v) is 6.97. The van der Waals surface area contributed by atoms with Gasteiger partial charge in [-0.2, -0.15) is 8.42 Å². The van der Waals surface area contributed by atoms with Crippen molar-refractivity contribution in [2.45, 2.75) is 32.1 Å². The zero-order chi connectivity index (χ0) is 10.4. The van der Waals surface area contributed by atoms with Crippen molar-refractivity contribution in [3.63, 3.8) is 0 Å². The van der Waals surface area contributed by atoms with Gasteiger partial charge in [0.25, 0.3) is 10.1 Å². The maximum absolute atomic E-state index is 10.4. The van der Waals surface area contributed by atoms with Crippen molar-refractivity contribution in [2.24, 2.45) is 0 Å². The van der Waals surface area contributed by atoms with Gasteiger partial charge < -0.3 is 4.90 Å². The molecule has 0 aromatic rings. The van der Waals surface area contributed by atoms with E-state index in [-0.39, 0.29) is 5.75 Å². The van der Waals surface area contributed by atoms with E-state index in [0.29, 0.717) is 6.42 Å². The molecule has 84 valence electrons. The maximum Gasteiger partial charge on any atom is 0.264 e. The third kappa shape index (κ3) is 5.57. The molecule has 0 spiro atoms. The Morgan fingerprint density at radius 2 is 1.71 bits per heavy atom. The van der Waals surface area contributed by atoms with Gasteiger partial charge in [0.15, 0.2) is 0 Å². The van der Waals surface area contributed by atoms with Crippen molar-refractivity contribution in [3.8, 4) is 0 Å². The molecular formula is C9H20NO3S+. The Balaban J connectivity index is 2.03. The lowest BCUT2D eigenvalue weighted by molar-refractivity contribution is -0.905. The van der Waals surface area contributed by atoms with Crippen molar-refractivity contribution in [3.05, 3.63) is 0 Å². The van der Waals surface area contributed by atoms with E-state index in [1.165, 1.54) is 32.4 Å². The minimum absolute atomic E-state index is 0.0831. The Bertz CT molecular complexity index is 245. The molecule has 0 bridgehead atoms. The first kappa shape index (κ1) is 11.9. The summed E-state index contributed by atoms with van der Waals surface area (Å²) < 4.78 is 29.4. The van der Waals surface area contributed by atoms with Gasteiger partial charge in [0.2, 0.25) is 0 Å². The van der Waals surface area contributed by atoms with E-state index in [9.17, 15) is 8.42 Å². The summed E-state index contributed by atoms with van der Waals surface area (Å²) >= 11 is 0. The van der Waals surface area contributed by atoms with Gasteiger partial charge in [-0.25, -0.2) is 0 Å². The van der Waals surface area contributed by atoms with Crippen LogP contribution in [0, 0.1) is 0 Å². The zero-order valence-electron chi connectivity index (χ0n) is 8.54. The summed E-state index contributed by atoms with van der Waals surface area (Å²) in [5.74, 6) is -0.0831. The summed E-state index contributed by atoms with van der Waals surface area (Å²) in [7, 11) is -3.74. The molecule has 0 aromatic heterocycles. The van der Waals surface area contributed by atoms with Crippen molar-refractivity contribution < 1.29 is 17.9 Å². The SMILES string of the molecule is O=S(=O)(O)CCCC[NH+]1CCCCC1. The Kier molecular flexibility index (Phi) is 4.84. The van der Waals surface area contributed by atoms with Gasteiger partial charge in [0, 0.05) is 0 Å².